The first-order valence-electron chi connectivity index (χ1n) is 16.8. The Morgan fingerprint density at radius 1 is 1.12 bits per heavy atom. The predicted molar refractivity (Wildman–Crippen MR) is 186 cm³/mol. The number of nitrogens with one attached hydrogen (secondary N) is 2. The molecule has 0 aliphatic carbocycles. The minimum Gasteiger partial charge on any atom is -0.448 e. The van der Waals surface area contributed by atoms with Gasteiger partial charge in [0.15, 0.2) is 11.5 Å². The summed E-state index contributed by atoms with van der Waals surface area (Å²) in [5.41, 5.74) is 3.41. The molecule has 264 valence electrons. The van der Waals surface area contributed by atoms with Crippen LogP contribution < -0.4 is 25.2 Å². The molecule has 3 aromatic rings. The van der Waals surface area contributed by atoms with Crippen LogP contribution in [0.1, 0.15) is 60.8 Å². The fourth-order valence-electron chi connectivity index (χ4n) is 7.23. The lowest BCUT2D eigenvalue weighted by molar-refractivity contribution is -0.126. The van der Waals surface area contributed by atoms with Crippen molar-refractivity contribution in [2.45, 2.75) is 83.3 Å². The van der Waals surface area contributed by atoms with E-state index in [2.05, 4.69) is 15.2 Å². The summed E-state index contributed by atoms with van der Waals surface area (Å²) in [6.07, 6.45) is 2.73. The number of alkyl halides is 2. The van der Waals surface area contributed by atoms with Gasteiger partial charge >= 0.3 is 0 Å². The Kier molecular flexibility index (Phi) is 10.2. The highest BCUT2D eigenvalue weighted by Crippen LogP contribution is 2.52. The molecule has 6 rings (SSSR count). The number of anilines is 1. The standard InChI is InChI=1S/C36H45F2N5O5S/c1-20-13-29(49-6)28(35(45)41-20)16-40-34(44)26-14-27(24-7-8-31(39-15-24)43-17-21(2)46-22(3)18-43)33-32(23(26)4)47-36(5,48-33)25-9-11-42(12-10-25)19-30(37)38/h7-8,13-15,21-22,25,30H,9-12,16-19H2,1-6H3,(H,40,44)(H,41,45)/t21-,22+,36-/m0/s1. The predicted octanol–water partition coefficient (Wildman–Crippen LogP) is 5.78. The minimum absolute atomic E-state index is 0.0510. The second kappa shape index (κ2) is 14.3. The fraction of sp³-hybridized carbons (Fsp3) is 0.528. The third-order valence-corrected chi connectivity index (χ3v) is 10.5. The number of aryl methyl sites for hydroxylation is 1. The molecule has 0 bridgehead atoms. The Morgan fingerprint density at radius 3 is 2.45 bits per heavy atom. The number of pyridine rings is 2. The summed E-state index contributed by atoms with van der Waals surface area (Å²) in [6.45, 7) is 11.9. The van der Waals surface area contributed by atoms with Crippen molar-refractivity contribution in [1.82, 2.24) is 20.2 Å². The quantitative estimate of drug-likeness (QED) is 0.269. The Labute approximate surface area is 289 Å². The molecule has 1 aromatic carbocycles. The lowest BCUT2D eigenvalue weighted by Crippen LogP contribution is -2.49. The van der Waals surface area contributed by atoms with Gasteiger partial charge in [-0.15, -0.1) is 11.8 Å². The SMILES string of the molecule is CSc1cc(C)[nH]c(=O)c1CNC(=O)c1cc(-c2ccc(N3C[C@@H](C)O[C@@H](C)C3)nc2)c2c(c1C)O[C@](C)(C1CCN(CC(F)F)CC1)O2. The second-order valence-electron chi connectivity index (χ2n) is 13.5. The number of carbonyl (C=O) groups is 1. The molecule has 0 saturated carbocycles. The highest BCUT2D eigenvalue weighted by Gasteiger charge is 2.47. The molecule has 1 amide bonds. The zero-order chi connectivity index (χ0) is 35.0. The molecule has 2 aromatic heterocycles. The number of aromatic amines is 1. The van der Waals surface area contributed by atoms with Crippen molar-refractivity contribution in [3.63, 3.8) is 0 Å². The van der Waals surface area contributed by atoms with Gasteiger partial charge in [-0.1, -0.05) is 0 Å². The molecule has 49 heavy (non-hydrogen) atoms. The number of hydrogen-bond donors (Lipinski definition) is 2. The molecule has 0 unspecified atom stereocenters. The number of H-pyrrole nitrogens is 1. The molecule has 2 saturated heterocycles. The number of hydrogen-bond acceptors (Lipinski definition) is 9. The van der Waals surface area contributed by atoms with Gasteiger partial charge in [-0.2, -0.15) is 0 Å². The van der Waals surface area contributed by atoms with Crippen molar-refractivity contribution >= 4 is 23.5 Å². The number of aromatic nitrogens is 2. The first-order chi connectivity index (χ1) is 23.3. The highest BCUT2D eigenvalue weighted by molar-refractivity contribution is 7.98. The summed E-state index contributed by atoms with van der Waals surface area (Å²) >= 11 is 1.45. The van der Waals surface area contributed by atoms with Gasteiger partial charge in [0, 0.05) is 77.1 Å². The first kappa shape index (κ1) is 35.2. The molecule has 3 aliphatic rings. The molecule has 5 heterocycles. The molecule has 0 spiro atoms. The largest absolute Gasteiger partial charge is 0.448 e. The van der Waals surface area contributed by atoms with Gasteiger partial charge < -0.3 is 29.4 Å². The summed E-state index contributed by atoms with van der Waals surface area (Å²) in [7, 11) is 0. The van der Waals surface area contributed by atoms with E-state index in [0.717, 1.165) is 35.1 Å². The number of halogens is 2. The number of rotatable bonds is 9. The van der Waals surface area contributed by atoms with Gasteiger partial charge in [-0.3, -0.25) is 14.5 Å². The smallest absolute Gasteiger partial charge is 0.254 e. The van der Waals surface area contributed by atoms with Gasteiger partial charge in [0.25, 0.3) is 23.7 Å². The van der Waals surface area contributed by atoms with E-state index >= 15 is 0 Å². The normalized spacial score (nSPS) is 22.9. The molecular weight excluding hydrogens is 652 g/mol. The van der Waals surface area contributed by atoms with Crippen LogP contribution in [-0.4, -0.2) is 84.2 Å². The maximum absolute atomic E-state index is 13.9. The van der Waals surface area contributed by atoms with E-state index in [1.54, 1.807) is 17.2 Å². The summed E-state index contributed by atoms with van der Waals surface area (Å²) in [5.74, 6) is 0.365. The topological polar surface area (TPSA) is 109 Å². The van der Waals surface area contributed by atoms with E-state index in [9.17, 15) is 18.4 Å². The van der Waals surface area contributed by atoms with E-state index < -0.39 is 12.2 Å². The van der Waals surface area contributed by atoms with Crippen LogP contribution in [0.4, 0.5) is 14.6 Å². The van der Waals surface area contributed by atoms with E-state index in [0.29, 0.717) is 59.7 Å². The summed E-state index contributed by atoms with van der Waals surface area (Å²) in [5, 5.41) is 2.96. The number of likely N-dealkylation sites (tertiary alicyclic amines) is 1. The summed E-state index contributed by atoms with van der Waals surface area (Å²) in [4.78, 5) is 39.1. The number of piperidine rings is 1. The van der Waals surface area contributed by atoms with Crippen LogP contribution in [0.25, 0.3) is 11.1 Å². The van der Waals surface area contributed by atoms with Crippen molar-refractivity contribution in [3.05, 3.63) is 63.2 Å². The average molecular weight is 698 g/mol. The molecule has 3 aliphatic heterocycles. The molecular formula is C36H45F2N5O5S. The number of amides is 1. The van der Waals surface area contributed by atoms with Crippen LogP contribution in [0.15, 0.2) is 40.2 Å². The summed E-state index contributed by atoms with van der Waals surface area (Å²) < 4.78 is 45.3. The first-order valence-corrected chi connectivity index (χ1v) is 18.1. The molecule has 2 N–H and O–H groups in total. The van der Waals surface area contributed by atoms with E-state index in [-0.39, 0.29) is 42.7 Å². The maximum Gasteiger partial charge on any atom is 0.254 e. The van der Waals surface area contributed by atoms with Crippen molar-refractivity contribution < 1.29 is 27.8 Å². The molecule has 2 fully saturated rings. The molecule has 13 heteroatoms. The van der Waals surface area contributed by atoms with Crippen LogP contribution in [0, 0.1) is 19.8 Å². The molecule has 10 nitrogen and oxygen atoms in total. The zero-order valence-corrected chi connectivity index (χ0v) is 29.7. The van der Waals surface area contributed by atoms with Gasteiger partial charge in [0.05, 0.1) is 18.8 Å². The zero-order valence-electron chi connectivity index (χ0n) is 28.9. The van der Waals surface area contributed by atoms with E-state index in [1.165, 1.54) is 11.8 Å². The van der Waals surface area contributed by atoms with Crippen LogP contribution in [0.5, 0.6) is 11.5 Å². The maximum atomic E-state index is 13.9. The molecule has 0 radical (unpaired) electrons. The van der Waals surface area contributed by atoms with Gasteiger partial charge in [0.1, 0.15) is 5.82 Å². The Balaban J connectivity index is 1.32. The Bertz CT molecular complexity index is 1740. The third kappa shape index (κ3) is 7.44. The van der Waals surface area contributed by atoms with Crippen molar-refractivity contribution in [3.8, 4) is 22.6 Å². The lowest BCUT2D eigenvalue weighted by Gasteiger charge is -2.38. The lowest BCUT2D eigenvalue weighted by atomic mass is 9.89. The van der Waals surface area contributed by atoms with Crippen molar-refractivity contribution in [1.29, 1.82) is 0 Å². The number of nitrogens with zero attached hydrogens (tertiary/aromatic N) is 3. The number of fused-ring (bicyclic) bond motifs is 1. The number of thioether (sulfide) groups is 1. The summed E-state index contributed by atoms with van der Waals surface area (Å²) in [6, 6.07) is 7.63. The van der Waals surface area contributed by atoms with Crippen molar-refractivity contribution in [2.75, 3.05) is 43.9 Å². The Morgan fingerprint density at radius 2 is 1.82 bits per heavy atom. The molecule has 3 atom stereocenters. The van der Waals surface area contributed by atoms with Gasteiger partial charge in [0.2, 0.25) is 0 Å². The number of ether oxygens (including phenoxy) is 3. The van der Waals surface area contributed by atoms with E-state index in [4.69, 9.17) is 19.2 Å². The third-order valence-electron chi connectivity index (χ3n) is 9.74. The van der Waals surface area contributed by atoms with Crippen LogP contribution in [-0.2, 0) is 11.3 Å². The van der Waals surface area contributed by atoms with Crippen molar-refractivity contribution in [2.24, 2.45) is 5.92 Å². The minimum atomic E-state index is -2.38. The van der Waals surface area contributed by atoms with Crippen LogP contribution in [0.2, 0.25) is 0 Å². The van der Waals surface area contributed by atoms with Crippen LogP contribution >= 0.6 is 11.8 Å². The Hall–Kier alpha value is -3.68. The second-order valence-corrected chi connectivity index (χ2v) is 14.4. The highest BCUT2D eigenvalue weighted by atomic mass is 32.2. The number of carbonyl (C=O) groups excluding carboxylic acids is 1. The number of benzene rings is 1. The fourth-order valence-corrected chi connectivity index (χ4v) is 7.94. The van der Waals surface area contributed by atoms with Gasteiger partial charge in [-0.25, -0.2) is 13.8 Å². The average Bonchev–Trinajstić information content (AvgIpc) is 3.43. The van der Waals surface area contributed by atoms with Gasteiger partial charge in [-0.05, 0) is 84.1 Å². The number of morpholine rings is 1. The van der Waals surface area contributed by atoms with Crippen LogP contribution in [0.3, 0.4) is 0 Å². The van der Waals surface area contributed by atoms with E-state index in [1.807, 2.05) is 59.1 Å². The monoisotopic (exact) mass is 697 g/mol.